The molecule has 1 saturated heterocycles. The third-order valence-corrected chi connectivity index (χ3v) is 4.03. The summed E-state index contributed by atoms with van der Waals surface area (Å²) < 4.78 is 15.1. The van der Waals surface area contributed by atoms with Crippen molar-refractivity contribution in [3.63, 3.8) is 0 Å². The van der Waals surface area contributed by atoms with Crippen molar-refractivity contribution in [3.05, 3.63) is 46.9 Å². The van der Waals surface area contributed by atoms with Gasteiger partial charge in [-0.15, -0.1) is 0 Å². The average molecular weight is 339 g/mol. The number of likely N-dealkylation sites (tertiary alicyclic amines) is 1. The van der Waals surface area contributed by atoms with Gasteiger partial charge < -0.3 is 10.0 Å². The molecule has 0 bridgehead atoms. The van der Waals surface area contributed by atoms with Gasteiger partial charge in [0, 0.05) is 19.2 Å². The maximum Gasteiger partial charge on any atom is 0.323 e. The highest BCUT2D eigenvalue weighted by atomic mass is 35.5. The molecule has 1 aromatic heterocycles. The normalized spacial score (nSPS) is 17.5. The van der Waals surface area contributed by atoms with Crippen molar-refractivity contribution in [2.75, 3.05) is 18.4 Å². The van der Waals surface area contributed by atoms with Gasteiger partial charge >= 0.3 is 6.03 Å². The average Bonchev–Trinajstić information content (AvgIpc) is 3.13. The Bertz CT molecular complexity index is 721. The molecule has 2 N–H and O–H groups in total. The maximum atomic E-state index is 13.5. The zero-order chi connectivity index (χ0) is 16.4. The number of aromatic nitrogens is 2. The molecule has 122 valence electrons. The molecule has 6 nitrogen and oxygen atoms in total. The second-order valence-corrected chi connectivity index (χ2v) is 5.85. The molecule has 1 unspecified atom stereocenters. The minimum absolute atomic E-state index is 0.0651. The van der Waals surface area contributed by atoms with E-state index < -0.39 is 11.9 Å². The van der Waals surface area contributed by atoms with Gasteiger partial charge in [0.2, 0.25) is 0 Å². The van der Waals surface area contributed by atoms with Crippen LogP contribution in [-0.2, 0) is 6.54 Å². The number of hydrogen-bond acceptors (Lipinski definition) is 3. The Kier molecular flexibility index (Phi) is 4.49. The second kappa shape index (κ2) is 6.55. The highest BCUT2D eigenvalue weighted by molar-refractivity contribution is 6.30. The molecule has 2 heterocycles. The number of urea groups is 1. The number of benzene rings is 1. The van der Waals surface area contributed by atoms with Crippen LogP contribution >= 0.6 is 11.6 Å². The van der Waals surface area contributed by atoms with Crippen molar-refractivity contribution in [3.8, 4) is 0 Å². The minimum Gasteiger partial charge on any atom is -0.391 e. The fourth-order valence-corrected chi connectivity index (χ4v) is 2.61. The van der Waals surface area contributed by atoms with E-state index in [-0.39, 0.29) is 11.1 Å². The molecule has 1 atom stereocenters. The predicted molar refractivity (Wildman–Crippen MR) is 84.0 cm³/mol. The third-order valence-electron chi connectivity index (χ3n) is 3.72. The van der Waals surface area contributed by atoms with Gasteiger partial charge in [-0.2, -0.15) is 5.10 Å². The highest BCUT2D eigenvalue weighted by Crippen LogP contribution is 2.18. The van der Waals surface area contributed by atoms with Crippen LogP contribution in [0.4, 0.5) is 15.0 Å². The van der Waals surface area contributed by atoms with E-state index in [1.165, 1.54) is 12.1 Å². The molecule has 8 heteroatoms. The van der Waals surface area contributed by atoms with Crippen LogP contribution in [0.25, 0.3) is 0 Å². The Morgan fingerprint density at radius 3 is 3.00 bits per heavy atom. The van der Waals surface area contributed by atoms with E-state index in [1.54, 1.807) is 27.9 Å². The van der Waals surface area contributed by atoms with Crippen LogP contribution in [0.5, 0.6) is 0 Å². The van der Waals surface area contributed by atoms with E-state index in [0.29, 0.717) is 37.4 Å². The van der Waals surface area contributed by atoms with Crippen LogP contribution in [0.15, 0.2) is 30.5 Å². The Balaban J connectivity index is 1.69. The number of aliphatic hydroxyl groups is 1. The molecule has 1 aromatic carbocycles. The number of anilines is 1. The topological polar surface area (TPSA) is 70.4 Å². The molecule has 1 aliphatic heterocycles. The molecular weight excluding hydrogens is 323 g/mol. The summed E-state index contributed by atoms with van der Waals surface area (Å²) in [6.07, 6.45) is 1.67. The third kappa shape index (κ3) is 3.62. The monoisotopic (exact) mass is 338 g/mol. The Morgan fingerprint density at radius 2 is 2.30 bits per heavy atom. The first-order chi connectivity index (χ1) is 11.0. The first kappa shape index (κ1) is 15.8. The zero-order valence-electron chi connectivity index (χ0n) is 12.2. The van der Waals surface area contributed by atoms with Gasteiger partial charge in [-0.25, -0.2) is 13.9 Å². The fraction of sp³-hybridized carbons (Fsp3) is 0.333. The first-order valence-corrected chi connectivity index (χ1v) is 7.60. The number of carbonyl (C=O) groups excluding carboxylic acids is 1. The second-order valence-electron chi connectivity index (χ2n) is 5.44. The summed E-state index contributed by atoms with van der Waals surface area (Å²) in [6, 6.07) is 5.91. The van der Waals surface area contributed by atoms with Gasteiger partial charge in [-0.1, -0.05) is 17.7 Å². The van der Waals surface area contributed by atoms with E-state index in [0.717, 1.165) is 0 Å². The SMILES string of the molecule is O=C(Nc1ccnn1Cc1ccc(Cl)c(F)c1)N1CCC(O)C1. The maximum absolute atomic E-state index is 13.5. The van der Waals surface area contributed by atoms with Crippen molar-refractivity contribution >= 4 is 23.4 Å². The quantitative estimate of drug-likeness (QED) is 0.902. The summed E-state index contributed by atoms with van der Waals surface area (Å²) in [5.74, 6) is 0.0136. The lowest BCUT2D eigenvalue weighted by molar-refractivity contribution is 0.176. The van der Waals surface area contributed by atoms with Crippen molar-refractivity contribution in [2.45, 2.75) is 19.1 Å². The Labute approximate surface area is 137 Å². The number of rotatable bonds is 3. The van der Waals surface area contributed by atoms with Crippen molar-refractivity contribution in [2.24, 2.45) is 0 Å². The van der Waals surface area contributed by atoms with Gasteiger partial charge in [-0.05, 0) is 24.1 Å². The number of carbonyl (C=O) groups is 1. The van der Waals surface area contributed by atoms with Crippen LogP contribution in [-0.4, -0.2) is 45.0 Å². The number of nitrogens with zero attached hydrogens (tertiary/aromatic N) is 3. The van der Waals surface area contributed by atoms with Crippen LogP contribution in [0.2, 0.25) is 5.02 Å². The molecular formula is C15H16ClFN4O2. The van der Waals surface area contributed by atoms with Gasteiger partial charge in [0.15, 0.2) is 0 Å². The Hall–Kier alpha value is -2.12. The summed E-state index contributed by atoms with van der Waals surface area (Å²) in [5.41, 5.74) is 0.683. The van der Waals surface area contributed by atoms with Gasteiger partial charge in [0.25, 0.3) is 0 Å². The highest BCUT2D eigenvalue weighted by Gasteiger charge is 2.25. The summed E-state index contributed by atoms with van der Waals surface area (Å²) >= 11 is 5.67. The van der Waals surface area contributed by atoms with Gasteiger partial charge in [-0.3, -0.25) is 5.32 Å². The summed E-state index contributed by atoms with van der Waals surface area (Å²) in [4.78, 5) is 13.7. The van der Waals surface area contributed by atoms with Crippen LogP contribution < -0.4 is 5.32 Å². The molecule has 3 rings (SSSR count). The molecule has 0 radical (unpaired) electrons. The lowest BCUT2D eigenvalue weighted by Crippen LogP contribution is -2.34. The van der Waals surface area contributed by atoms with E-state index in [2.05, 4.69) is 10.4 Å². The first-order valence-electron chi connectivity index (χ1n) is 7.22. The number of amides is 2. The molecule has 0 spiro atoms. The van der Waals surface area contributed by atoms with E-state index in [4.69, 9.17) is 11.6 Å². The molecule has 1 fully saturated rings. The lowest BCUT2D eigenvalue weighted by Gasteiger charge is -2.17. The largest absolute Gasteiger partial charge is 0.391 e. The summed E-state index contributed by atoms with van der Waals surface area (Å²) in [7, 11) is 0. The van der Waals surface area contributed by atoms with Crippen LogP contribution in [0.3, 0.4) is 0 Å². The standard InChI is InChI=1S/C15H16ClFN4O2/c16-12-2-1-10(7-13(12)17)8-21-14(3-5-18-21)19-15(23)20-6-4-11(22)9-20/h1-3,5,7,11,22H,4,6,8-9H2,(H,19,23). The number of hydrogen-bond donors (Lipinski definition) is 2. The molecule has 23 heavy (non-hydrogen) atoms. The van der Waals surface area contributed by atoms with Crippen LogP contribution in [0.1, 0.15) is 12.0 Å². The fourth-order valence-electron chi connectivity index (χ4n) is 2.49. The van der Waals surface area contributed by atoms with E-state index in [1.807, 2.05) is 0 Å². The number of aliphatic hydroxyl groups excluding tert-OH is 1. The van der Waals surface area contributed by atoms with Crippen LogP contribution in [0, 0.1) is 5.82 Å². The van der Waals surface area contributed by atoms with Crippen molar-refractivity contribution in [1.29, 1.82) is 0 Å². The van der Waals surface area contributed by atoms with E-state index >= 15 is 0 Å². The lowest BCUT2D eigenvalue weighted by atomic mass is 10.2. The van der Waals surface area contributed by atoms with Gasteiger partial charge in [0.1, 0.15) is 11.6 Å². The molecule has 0 saturated carbocycles. The minimum atomic E-state index is -0.493. The smallest absolute Gasteiger partial charge is 0.323 e. The van der Waals surface area contributed by atoms with E-state index in [9.17, 15) is 14.3 Å². The number of β-amino-alcohol motifs (C(OH)–C–C–N with tert-alkyl or cyclic N) is 1. The molecule has 1 aliphatic rings. The zero-order valence-corrected chi connectivity index (χ0v) is 13.0. The predicted octanol–water partition coefficient (Wildman–Crippen LogP) is 2.32. The number of nitrogens with one attached hydrogen (secondary N) is 1. The number of halogens is 2. The summed E-state index contributed by atoms with van der Waals surface area (Å²) in [5, 5.41) is 16.4. The van der Waals surface area contributed by atoms with Gasteiger partial charge in [0.05, 0.1) is 23.9 Å². The molecule has 0 aliphatic carbocycles. The Morgan fingerprint density at radius 1 is 1.48 bits per heavy atom. The van der Waals surface area contributed by atoms with Crippen molar-refractivity contribution in [1.82, 2.24) is 14.7 Å². The molecule has 2 aromatic rings. The molecule has 2 amide bonds. The van der Waals surface area contributed by atoms with Crippen molar-refractivity contribution < 1.29 is 14.3 Å². The summed E-state index contributed by atoms with van der Waals surface area (Å²) in [6.45, 7) is 1.14.